The van der Waals surface area contributed by atoms with Gasteiger partial charge in [0.1, 0.15) is 0 Å². The monoisotopic (exact) mass is 463 g/mol. The van der Waals surface area contributed by atoms with E-state index in [0.717, 1.165) is 22.4 Å². The van der Waals surface area contributed by atoms with E-state index in [1.807, 2.05) is 57.2 Å². The van der Waals surface area contributed by atoms with Crippen molar-refractivity contribution in [2.75, 3.05) is 11.1 Å². The number of para-hydroxylation sites is 1. The Labute approximate surface area is 195 Å². The van der Waals surface area contributed by atoms with Gasteiger partial charge in [-0.05, 0) is 67.8 Å². The molecule has 1 amide bonds. The molecule has 5 nitrogen and oxygen atoms in total. The SMILES string of the molecule is Cc1ccc(NC(=O)CSc2nc3ccccc3c(=O)n2-c2cccc(C)c2C)c(Cl)c1. The largest absolute Gasteiger partial charge is 0.324 e. The fourth-order valence-corrected chi connectivity index (χ4v) is 4.53. The van der Waals surface area contributed by atoms with Crippen LogP contribution in [0.2, 0.25) is 5.02 Å². The number of hydrogen-bond donors (Lipinski definition) is 1. The number of nitrogens with one attached hydrogen (secondary N) is 1. The van der Waals surface area contributed by atoms with Crippen molar-refractivity contribution in [3.8, 4) is 5.69 Å². The van der Waals surface area contributed by atoms with Crippen LogP contribution in [0.3, 0.4) is 0 Å². The van der Waals surface area contributed by atoms with E-state index in [9.17, 15) is 9.59 Å². The number of anilines is 1. The van der Waals surface area contributed by atoms with E-state index in [0.29, 0.717) is 26.8 Å². The zero-order valence-electron chi connectivity index (χ0n) is 18.0. The van der Waals surface area contributed by atoms with Gasteiger partial charge < -0.3 is 5.32 Å². The van der Waals surface area contributed by atoms with Crippen molar-refractivity contribution >= 4 is 45.9 Å². The van der Waals surface area contributed by atoms with Crippen molar-refractivity contribution < 1.29 is 4.79 Å². The molecule has 0 spiro atoms. The van der Waals surface area contributed by atoms with Crippen LogP contribution in [0.25, 0.3) is 16.6 Å². The molecule has 4 aromatic rings. The number of rotatable bonds is 5. The molecule has 0 bridgehead atoms. The average Bonchev–Trinajstić information content (AvgIpc) is 2.77. The van der Waals surface area contributed by atoms with Gasteiger partial charge >= 0.3 is 0 Å². The molecule has 4 rings (SSSR count). The number of nitrogens with zero attached hydrogens (tertiary/aromatic N) is 2. The second-order valence-electron chi connectivity index (χ2n) is 7.59. The molecule has 1 aromatic heterocycles. The molecule has 0 radical (unpaired) electrons. The third-order valence-electron chi connectivity index (χ3n) is 5.29. The van der Waals surface area contributed by atoms with Crippen LogP contribution >= 0.6 is 23.4 Å². The summed E-state index contributed by atoms with van der Waals surface area (Å²) in [4.78, 5) is 30.8. The number of carbonyl (C=O) groups is 1. The fraction of sp³-hybridized carbons (Fsp3) is 0.160. The van der Waals surface area contributed by atoms with E-state index in [-0.39, 0.29) is 17.2 Å². The molecular weight excluding hydrogens is 442 g/mol. The lowest BCUT2D eigenvalue weighted by atomic mass is 10.1. The number of aromatic nitrogens is 2. The van der Waals surface area contributed by atoms with Gasteiger partial charge in [0.05, 0.1) is 33.1 Å². The van der Waals surface area contributed by atoms with Crippen molar-refractivity contribution in [2.24, 2.45) is 0 Å². The van der Waals surface area contributed by atoms with Gasteiger partial charge in [-0.3, -0.25) is 14.2 Å². The van der Waals surface area contributed by atoms with E-state index in [2.05, 4.69) is 5.32 Å². The quantitative estimate of drug-likeness (QED) is 0.305. The summed E-state index contributed by atoms with van der Waals surface area (Å²) in [7, 11) is 0. The molecule has 0 saturated carbocycles. The Morgan fingerprint density at radius 2 is 1.84 bits per heavy atom. The van der Waals surface area contributed by atoms with Crippen LogP contribution in [0.1, 0.15) is 16.7 Å². The number of hydrogen-bond acceptors (Lipinski definition) is 4. The van der Waals surface area contributed by atoms with Gasteiger partial charge in [-0.2, -0.15) is 0 Å². The van der Waals surface area contributed by atoms with Crippen molar-refractivity contribution in [3.05, 3.63) is 92.7 Å². The van der Waals surface area contributed by atoms with Crippen LogP contribution in [0, 0.1) is 20.8 Å². The lowest BCUT2D eigenvalue weighted by Crippen LogP contribution is -2.23. The van der Waals surface area contributed by atoms with Gasteiger partial charge in [-0.15, -0.1) is 0 Å². The number of benzene rings is 3. The predicted octanol–water partition coefficient (Wildman–Crippen LogP) is 5.70. The van der Waals surface area contributed by atoms with E-state index < -0.39 is 0 Å². The third kappa shape index (κ3) is 4.42. The normalized spacial score (nSPS) is 11.0. The van der Waals surface area contributed by atoms with Gasteiger partial charge in [0.15, 0.2) is 5.16 Å². The highest BCUT2D eigenvalue weighted by Crippen LogP contribution is 2.26. The Kier molecular flexibility index (Phi) is 6.35. The maximum absolute atomic E-state index is 13.4. The molecule has 0 atom stereocenters. The second kappa shape index (κ2) is 9.18. The van der Waals surface area contributed by atoms with Gasteiger partial charge in [0.25, 0.3) is 5.56 Å². The topological polar surface area (TPSA) is 64.0 Å². The molecular formula is C25H22ClN3O2S. The Balaban J connectivity index is 1.70. The minimum atomic E-state index is -0.226. The highest BCUT2D eigenvalue weighted by molar-refractivity contribution is 7.99. The van der Waals surface area contributed by atoms with Crippen LogP contribution in [0.15, 0.2) is 70.6 Å². The molecule has 1 N–H and O–H groups in total. The minimum Gasteiger partial charge on any atom is -0.324 e. The number of aryl methyl sites for hydroxylation is 2. The molecule has 0 saturated heterocycles. The third-order valence-corrected chi connectivity index (χ3v) is 6.54. The molecule has 0 aliphatic rings. The van der Waals surface area contributed by atoms with Gasteiger partial charge in [-0.1, -0.05) is 53.7 Å². The van der Waals surface area contributed by atoms with Gasteiger partial charge in [0, 0.05) is 0 Å². The number of amides is 1. The van der Waals surface area contributed by atoms with Crippen LogP contribution in [-0.4, -0.2) is 21.2 Å². The molecule has 0 aliphatic carbocycles. The molecule has 0 fully saturated rings. The summed E-state index contributed by atoms with van der Waals surface area (Å²) >= 11 is 7.45. The number of thioether (sulfide) groups is 1. The minimum absolute atomic E-state index is 0.0832. The van der Waals surface area contributed by atoms with E-state index in [1.54, 1.807) is 28.8 Å². The Bertz CT molecular complexity index is 1400. The lowest BCUT2D eigenvalue weighted by molar-refractivity contribution is -0.113. The van der Waals surface area contributed by atoms with Crippen molar-refractivity contribution in [1.29, 1.82) is 0 Å². The maximum atomic E-state index is 13.4. The Hall–Kier alpha value is -3.09. The van der Waals surface area contributed by atoms with E-state index >= 15 is 0 Å². The first-order chi connectivity index (χ1) is 15.3. The number of halogens is 1. The number of fused-ring (bicyclic) bond motifs is 1. The highest BCUT2D eigenvalue weighted by Gasteiger charge is 2.17. The average molecular weight is 464 g/mol. The molecule has 3 aromatic carbocycles. The summed E-state index contributed by atoms with van der Waals surface area (Å²) in [5.74, 6) is -0.143. The summed E-state index contributed by atoms with van der Waals surface area (Å²) in [5, 5.41) is 4.32. The molecule has 0 unspecified atom stereocenters. The zero-order valence-corrected chi connectivity index (χ0v) is 19.6. The molecule has 0 aliphatic heterocycles. The second-order valence-corrected chi connectivity index (χ2v) is 8.94. The Morgan fingerprint density at radius 1 is 1.06 bits per heavy atom. The van der Waals surface area contributed by atoms with Crippen molar-refractivity contribution in [1.82, 2.24) is 9.55 Å². The first-order valence-corrected chi connectivity index (χ1v) is 11.5. The van der Waals surface area contributed by atoms with Crippen LogP contribution < -0.4 is 10.9 Å². The van der Waals surface area contributed by atoms with Crippen LogP contribution in [0.4, 0.5) is 5.69 Å². The zero-order chi connectivity index (χ0) is 22.8. The first kappa shape index (κ1) is 22.1. The van der Waals surface area contributed by atoms with E-state index in [1.165, 1.54) is 11.8 Å². The maximum Gasteiger partial charge on any atom is 0.266 e. The fourth-order valence-electron chi connectivity index (χ4n) is 3.44. The summed E-state index contributed by atoms with van der Waals surface area (Å²) < 4.78 is 1.60. The number of carbonyl (C=O) groups excluding carboxylic acids is 1. The Morgan fingerprint density at radius 3 is 2.62 bits per heavy atom. The van der Waals surface area contributed by atoms with Crippen molar-refractivity contribution in [2.45, 2.75) is 25.9 Å². The van der Waals surface area contributed by atoms with E-state index in [4.69, 9.17) is 16.6 Å². The molecule has 162 valence electrons. The smallest absolute Gasteiger partial charge is 0.266 e. The lowest BCUT2D eigenvalue weighted by Gasteiger charge is -2.16. The summed E-state index contributed by atoms with van der Waals surface area (Å²) in [5.41, 5.74) is 4.84. The van der Waals surface area contributed by atoms with Crippen molar-refractivity contribution in [3.63, 3.8) is 0 Å². The molecule has 1 heterocycles. The van der Waals surface area contributed by atoms with Crippen LogP contribution in [0.5, 0.6) is 0 Å². The summed E-state index contributed by atoms with van der Waals surface area (Å²) in [6.45, 7) is 5.92. The summed E-state index contributed by atoms with van der Waals surface area (Å²) in [6, 6.07) is 18.5. The van der Waals surface area contributed by atoms with Gasteiger partial charge in [0.2, 0.25) is 5.91 Å². The molecule has 7 heteroatoms. The van der Waals surface area contributed by atoms with Gasteiger partial charge in [-0.25, -0.2) is 4.98 Å². The molecule has 32 heavy (non-hydrogen) atoms. The highest BCUT2D eigenvalue weighted by atomic mass is 35.5. The first-order valence-electron chi connectivity index (χ1n) is 10.1. The van der Waals surface area contributed by atoms with Crippen LogP contribution in [-0.2, 0) is 4.79 Å². The standard InChI is InChI=1S/C25H22ClN3O2S/c1-15-11-12-21(19(26)13-15)27-23(30)14-32-25-28-20-9-5-4-8-18(20)24(31)29(25)22-10-6-7-16(2)17(22)3/h4-13H,14H2,1-3H3,(H,27,30). The predicted molar refractivity (Wildman–Crippen MR) is 132 cm³/mol. The summed E-state index contributed by atoms with van der Waals surface area (Å²) in [6.07, 6.45) is 0.